The van der Waals surface area contributed by atoms with Gasteiger partial charge in [0.1, 0.15) is 10.5 Å². The van der Waals surface area contributed by atoms with Crippen LogP contribution in [0, 0.1) is 0 Å². The van der Waals surface area contributed by atoms with E-state index in [4.69, 9.17) is 8.23 Å². The summed E-state index contributed by atoms with van der Waals surface area (Å²) in [6.07, 6.45) is 42.0. The van der Waals surface area contributed by atoms with Gasteiger partial charge in [-0.3, -0.25) is 0 Å². The first-order valence-electron chi connectivity index (χ1n) is 18.3. The second-order valence-corrected chi connectivity index (χ2v) is 20.6. The highest BCUT2D eigenvalue weighted by Gasteiger charge is 2.27. The van der Waals surface area contributed by atoms with Crippen LogP contribution < -0.4 is 0 Å². The van der Waals surface area contributed by atoms with Gasteiger partial charge in [0.15, 0.2) is 8.32 Å². The number of hydrogen-bond acceptors (Lipinski definition) is 2. The summed E-state index contributed by atoms with van der Waals surface area (Å²) in [4.78, 5) is 0. The zero-order chi connectivity index (χ0) is 28.5. The molecule has 39 heavy (non-hydrogen) atoms. The molecule has 0 fully saturated rings. The fourth-order valence-electron chi connectivity index (χ4n) is 6.03. The molecular formula is C34H76O2Si3. The fraction of sp³-hybridized carbons (Fsp3) is 1.00. The molecule has 0 bridgehead atoms. The van der Waals surface area contributed by atoms with Crippen molar-refractivity contribution in [3.63, 3.8) is 0 Å². The Morgan fingerprint density at radius 1 is 0.410 bits per heavy atom. The minimum atomic E-state index is -1.52. The molecule has 236 valence electrons. The number of hydrogen-bond donors (Lipinski definition) is 0. The predicted octanol–water partition coefficient (Wildman–Crippen LogP) is 11.2. The molecule has 0 amide bonds. The van der Waals surface area contributed by atoms with Gasteiger partial charge in [0.25, 0.3) is 10.0 Å². The molecule has 0 radical (unpaired) electrons. The van der Waals surface area contributed by atoms with Crippen molar-refractivity contribution in [2.75, 3.05) is 0 Å². The Morgan fingerprint density at radius 2 is 0.641 bits per heavy atom. The second kappa shape index (κ2) is 33.1. The summed E-state index contributed by atoms with van der Waals surface area (Å²) in [5.74, 6) is 0. The van der Waals surface area contributed by atoms with Crippen LogP contribution in [0.4, 0.5) is 0 Å². The van der Waals surface area contributed by atoms with Crippen molar-refractivity contribution >= 4 is 28.8 Å². The average Bonchev–Trinajstić information content (AvgIpc) is 2.94. The molecule has 1 atom stereocenters. The van der Waals surface area contributed by atoms with Crippen LogP contribution >= 0.6 is 0 Å². The Balaban J connectivity index is 3.61. The predicted molar refractivity (Wildman–Crippen MR) is 187 cm³/mol. The van der Waals surface area contributed by atoms with Crippen LogP contribution in [0.15, 0.2) is 0 Å². The van der Waals surface area contributed by atoms with Crippen LogP contribution in [0.1, 0.15) is 200 Å². The monoisotopic (exact) mass is 601 g/mol. The van der Waals surface area contributed by atoms with Gasteiger partial charge in [-0.2, -0.15) is 0 Å². The summed E-state index contributed by atoms with van der Waals surface area (Å²) >= 11 is 0. The first kappa shape index (κ1) is 39.6. The molecule has 0 aromatic carbocycles. The highest BCUT2D eigenvalue weighted by atomic mass is 28.4. The third-order valence-corrected chi connectivity index (χ3v) is 15.9. The minimum absolute atomic E-state index is 0.689. The van der Waals surface area contributed by atoms with Crippen LogP contribution in [0.2, 0.25) is 18.6 Å². The number of rotatable bonds is 34. The molecule has 5 heteroatoms. The van der Waals surface area contributed by atoms with Gasteiger partial charge < -0.3 is 8.23 Å². The maximum atomic E-state index is 6.50. The quantitative estimate of drug-likeness (QED) is 0.0540. The first-order chi connectivity index (χ1) is 19.2. The van der Waals surface area contributed by atoms with E-state index in [1.54, 1.807) is 0 Å². The first-order valence-corrected chi connectivity index (χ1v) is 23.1. The van der Waals surface area contributed by atoms with E-state index >= 15 is 0 Å². The van der Waals surface area contributed by atoms with E-state index in [2.05, 4.69) is 20.4 Å². The molecule has 0 spiro atoms. The lowest BCUT2D eigenvalue weighted by molar-refractivity contribution is 0.462. The third kappa shape index (κ3) is 31.3. The molecular weight excluding hydrogens is 525 g/mol. The lowest BCUT2D eigenvalue weighted by Crippen LogP contribution is -2.36. The van der Waals surface area contributed by atoms with Gasteiger partial charge in [-0.05, 0) is 18.6 Å². The van der Waals surface area contributed by atoms with E-state index in [1.807, 2.05) is 0 Å². The SMILES string of the molecule is CCCCCCCCCCCCCCCCC[Si](C)(CCCCCCCCCCCCCCCC)O[SiH2]O[SiH3]. The van der Waals surface area contributed by atoms with Crippen LogP contribution in [-0.4, -0.2) is 28.8 Å². The smallest absolute Gasteiger partial charge is 0.283 e. The minimum Gasteiger partial charge on any atom is -0.449 e. The highest BCUT2D eigenvalue weighted by molar-refractivity contribution is 6.76. The molecule has 2 nitrogen and oxygen atoms in total. The molecule has 0 aliphatic heterocycles. The summed E-state index contributed by atoms with van der Waals surface area (Å²) < 4.78 is 12.1. The molecule has 0 saturated carbocycles. The standard InChI is InChI=1S/C34H76O2Si3/c1-4-6-8-10-12-14-16-18-20-22-24-26-28-30-32-34-39(3,36-38-35-37)33-31-29-27-25-23-21-19-17-15-13-11-9-7-5-2/h4-34,38H2,1-3,37H3. The van der Waals surface area contributed by atoms with Crippen LogP contribution in [-0.2, 0) is 8.23 Å². The van der Waals surface area contributed by atoms with Crippen molar-refractivity contribution in [3.8, 4) is 0 Å². The van der Waals surface area contributed by atoms with Gasteiger partial charge in [-0.15, -0.1) is 0 Å². The van der Waals surface area contributed by atoms with Crippen molar-refractivity contribution in [2.24, 2.45) is 0 Å². The van der Waals surface area contributed by atoms with Gasteiger partial charge >= 0.3 is 0 Å². The van der Waals surface area contributed by atoms with E-state index in [1.165, 1.54) is 198 Å². The third-order valence-electron chi connectivity index (χ3n) is 8.89. The Bertz CT molecular complexity index is 452. The number of unbranched alkanes of at least 4 members (excludes halogenated alkanes) is 27. The molecule has 0 aromatic rings. The molecule has 0 aliphatic carbocycles. The topological polar surface area (TPSA) is 18.5 Å². The average molecular weight is 601 g/mol. The molecule has 0 rings (SSSR count). The van der Waals surface area contributed by atoms with Crippen molar-refractivity contribution in [3.05, 3.63) is 0 Å². The van der Waals surface area contributed by atoms with Gasteiger partial charge in [0.05, 0.1) is 0 Å². The summed E-state index contributed by atoms with van der Waals surface area (Å²) in [5.41, 5.74) is 0. The van der Waals surface area contributed by atoms with Gasteiger partial charge in [0.2, 0.25) is 0 Å². The summed E-state index contributed by atoms with van der Waals surface area (Å²) in [5, 5.41) is 0. The maximum absolute atomic E-state index is 6.50. The molecule has 0 saturated heterocycles. The van der Waals surface area contributed by atoms with E-state index in [0.717, 1.165) is 10.5 Å². The Hall–Kier alpha value is 0.571. The van der Waals surface area contributed by atoms with Crippen molar-refractivity contribution in [1.29, 1.82) is 0 Å². The summed E-state index contributed by atoms with van der Waals surface area (Å²) in [6, 6.07) is 2.75. The normalized spacial score (nSPS) is 13.6. The second-order valence-electron chi connectivity index (χ2n) is 13.0. The Labute approximate surface area is 255 Å². The Morgan fingerprint density at radius 3 is 0.872 bits per heavy atom. The molecule has 0 heterocycles. The Kier molecular flexibility index (Phi) is 33.6. The lowest BCUT2D eigenvalue weighted by Gasteiger charge is -2.28. The van der Waals surface area contributed by atoms with Crippen LogP contribution in [0.3, 0.4) is 0 Å². The zero-order valence-corrected chi connectivity index (χ0v) is 32.4. The van der Waals surface area contributed by atoms with Crippen molar-refractivity contribution in [2.45, 2.75) is 219 Å². The lowest BCUT2D eigenvalue weighted by atomic mass is 10.0. The van der Waals surface area contributed by atoms with E-state index in [9.17, 15) is 0 Å². The van der Waals surface area contributed by atoms with E-state index in [0.29, 0.717) is 0 Å². The molecule has 0 aliphatic rings. The van der Waals surface area contributed by atoms with Gasteiger partial charge in [-0.25, -0.2) is 0 Å². The highest BCUT2D eigenvalue weighted by Crippen LogP contribution is 2.25. The fourth-order valence-corrected chi connectivity index (χ4v) is 12.1. The van der Waals surface area contributed by atoms with E-state index in [-0.39, 0.29) is 0 Å². The molecule has 0 aromatic heterocycles. The van der Waals surface area contributed by atoms with Crippen molar-refractivity contribution in [1.82, 2.24) is 0 Å². The van der Waals surface area contributed by atoms with E-state index < -0.39 is 18.3 Å². The van der Waals surface area contributed by atoms with Gasteiger partial charge in [0, 0.05) is 0 Å². The largest absolute Gasteiger partial charge is 0.449 e. The van der Waals surface area contributed by atoms with Gasteiger partial charge in [-0.1, -0.05) is 200 Å². The summed E-state index contributed by atoms with van der Waals surface area (Å²) in [6.45, 7) is 7.13. The van der Waals surface area contributed by atoms with Crippen LogP contribution in [0.5, 0.6) is 0 Å². The summed E-state index contributed by atoms with van der Waals surface area (Å²) in [7, 11) is -1.35. The molecule has 1 unspecified atom stereocenters. The van der Waals surface area contributed by atoms with Crippen LogP contribution in [0.25, 0.3) is 0 Å². The van der Waals surface area contributed by atoms with Crippen molar-refractivity contribution < 1.29 is 8.23 Å². The maximum Gasteiger partial charge on any atom is 0.283 e. The molecule has 0 N–H and O–H groups in total. The zero-order valence-electron chi connectivity index (χ0n) is 27.9.